The Morgan fingerprint density at radius 2 is 2.10 bits per heavy atom. The van der Waals surface area contributed by atoms with Crippen LogP contribution >= 0.6 is 0 Å². The summed E-state index contributed by atoms with van der Waals surface area (Å²) >= 11 is 0. The first-order valence-electron chi connectivity index (χ1n) is 6.02. The van der Waals surface area contributed by atoms with Crippen LogP contribution in [0.3, 0.4) is 0 Å². The van der Waals surface area contributed by atoms with E-state index in [1.807, 2.05) is 0 Å². The number of hydrogen-bond donors (Lipinski definition) is 2. The maximum Gasteiger partial charge on any atom is 0.306 e. The normalized spacial score (nSPS) is 21.7. The van der Waals surface area contributed by atoms with Crippen LogP contribution in [0.1, 0.15) is 19.3 Å². The minimum absolute atomic E-state index is 0.225. The zero-order valence-corrected chi connectivity index (χ0v) is 10.3. The lowest BCUT2D eigenvalue weighted by Crippen LogP contribution is -2.19. The van der Waals surface area contributed by atoms with E-state index in [1.165, 1.54) is 0 Å². The average molecular weight is 286 g/mol. The van der Waals surface area contributed by atoms with Crippen molar-refractivity contribution in [3.63, 3.8) is 0 Å². The van der Waals surface area contributed by atoms with E-state index in [1.54, 1.807) is 0 Å². The Morgan fingerprint density at radius 3 is 2.65 bits per heavy atom. The number of nitrogens with one attached hydrogen (secondary N) is 1. The zero-order valence-electron chi connectivity index (χ0n) is 10.3. The van der Waals surface area contributed by atoms with E-state index in [4.69, 9.17) is 5.11 Å². The van der Waals surface area contributed by atoms with Crippen molar-refractivity contribution in [3.8, 4) is 0 Å². The fraction of sp³-hybridized carbons (Fsp3) is 0.417. The Hall–Kier alpha value is -2.25. The van der Waals surface area contributed by atoms with E-state index in [-0.39, 0.29) is 6.42 Å². The molecule has 8 heteroatoms. The summed E-state index contributed by atoms with van der Waals surface area (Å²) in [5.41, 5.74) is -1.09. The van der Waals surface area contributed by atoms with Crippen LogP contribution in [-0.4, -0.2) is 22.0 Å². The van der Waals surface area contributed by atoms with Crippen molar-refractivity contribution in [1.82, 2.24) is 0 Å². The standard InChI is InChI=1S/C12H12F2N2O4/c13-8-3-4-9(16(19)20)11(10(8)14)15-7-2-1-6(5-7)12(17)18/h3-4,6-7,15H,1-2,5H2,(H,17,18)/t6-,7+/m1/s1. The van der Waals surface area contributed by atoms with Gasteiger partial charge < -0.3 is 10.4 Å². The van der Waals surface area contributed by atoms with Crippen LogP contribution in [0.2, 0.25) is 0 Å². The molecule has 2 atom stereocenters. The molecule has 0 spiro atoms. The second-order valence-corrected chi connectivity index (χ2v) is 4.70. The summed E-state index contributed by atoms with van der Waals surface area (Å²) in [4.78, 5) is 20.8. The molecule has 0 unspecified atom stereocenters. The van der Waals surface area contributed by atoms with E-state index in [0.29, 0.717) is 18.9 Å². The third-order valence-corrected chi connectivity index (χ3v) is 3.40. The number of carbonyl (C=O) groups is 1. The first-order valence-corrected chi connectivity index (χ1v) is 6.02. The number of carboxylic acids is 1. The summed E-state index contributed by atoms with van der Waals surface area (Å²) in [7, 11) is 0. The van der Waals surface area contributed by atoms with Gasteiger partial charge in [0, 0.05) is 12.1 Å². The molecule has 6 nitrogen and oxygen atoms in total. The summed E-state index contributed by atoms with van der Waals surface area (Å²) in [6.07, 6.45) is 1.06. The van der Waals surface area contributed by atoms with Gasteiger partial charge in [-0.3, -0.25) is 14.9 Å². The molecule has 108 valence electrons. The molecular weight excluding hydrogens is 274 g/mol. The molecule has 0 aromatic heterocycles. The Kier molecular flexibility index (Phi) is 3.82. The minimum Gasteiger partial charge on any atom is -0.481 e. The number of carboxylic acid groups (broad SMARTS) is 1. The molecule has 0 amide bonds. The molecule has 0 saturated heterocycles. The van der Waals surface area contributed by atoms with E-state index in [0.717, 1.165) is 6.07 Å². The van der Waals surface area contributed by atoms with Crippen molar-refractivity contribution < 1.29 is 23.6 Å². The topological polar surface area (TPSA) is 92.5 Å². The monoisotopic (exact) mass is 286 g/mol. The predicted octanol–water partition coefficient (Wildman–Crippen LogP) is 2.54. The lowest BCUT2D eigenvalue weighted by molar-refractivity contribution is -0.384. The van der Waals surface area contributed by atoms with Gasteiger partial charge in [0.2, 0.25) is 0 Å². The number of nitro groups is 1. The second kappa shape index (κ2) is 5.40. The van der Waals surface area contributed by atoms with Crippen LogP contribution in [0, 0.1) is 27.7 Å². The molecule has 2 N–H and O–H groups in total. The van der Waals surface area contributed by atoms with Gasteiger partial charge in [-0.05, 0) is 25.3 Å². The predicted molar refractivity (Wildman–Crippen MR) is 65.4 cm³/mol. The summed E-state index contributed by atoms with van der Waals surface area (Å²) < 4.78 is 26.8. The lowest BCUT2D eigenvalue weighted by Gasteiger charge is -2.14. The third kappa shape index (κ3) is 2.68. The quantitative estimate of drug-likeness (QED) is 0.655. The fourth-order valence-electron chi connectivity index (χ4n) is 2.37. The average Bonchev–Trinajstić information content (AvgIpc) is 2.83. The largest absolute Gasteiger partial charge is 0.481 e. The van der Waals surface area contributed by atoms with Crippen molar-refractivity contribution in [3.05, 3.63) is 33.9 Å². The van der Waals surface area contributed by atoms with Crippen LogP contribution in [-0.2, 0) is 4.79 Å². The zero-order chi connectivity index (χ0) is 14.9. The Labute approximate surface area is 112 Å². The Morgan fingerprint density at radius 1 is 1.40 bits per heavy atom. The molecule has 1 aliphatic rings. The van der Waals surface area contributed by atoms with Gasteiger partial charge in [0.15, 0.2) is 17.3 Å². The summed E-state index contributed by atoms with van der Waals surface area (Å²) in [5, 5.41) is 22.2. The fourth-order valence-corrected chi connectivity index (χ4v) is 2.37. The van der Waals surface area contributed by atoms with E-state index in [9.17, 15) is 23.7 Å². The number of hydrogen-bond acceptors (Lipinski definition) is 4. The molecule has 0 heterocycles. The number of halogens is 2. The van der Waals surface area contributed by atoms with Crippen molar-refractivity contribution in [2.75, 3.05) is 5.32 Å². The first kappa shape index (κ1) is 14.2. The molecule has 0 aliphatic heterocycles. The van der Waals surface area contributed by atoms with Gasteiger partial charge in [-0.2, -0.15) is 0 Å². The van der Waals surface area contributed by atoms with Gasteiger partial charge in [-0.1, -0.05) is 0 Å². The highest BCUT2D eigenvalue weighted by atomic mass is 19.2. The highest BCUT2D eigenvalue weighted by molar-refractivity contribution is 5.71. The first-order chi connectivity index (χ1) is 9.40. The highest BCUT2D eigenvalue weighted by Crippen LogP contribution is 2.34. The molecule has 1 aromatic carbocycles. The second-order valence-electron chi connectivity index (χ2n) is 4.70. The number of benzene rings is 1. The molecule has 2 rings (SSSR count). The van der Waals surface area contributed by atoms with Gasteiger partial charge >= 0.3 is 5.97 Å². The van der Waals surface area contributed by atoms with Crippen LogP contribution in [0.15, 0.2) is 12.1 Å². The number of rotatable bonds is 4. The highest BCUT2D eigenvalue weighted by Gasteiger charge is 2.32. The summed E-state index contributed by atoms with van der Waals surface area (Å²) in [5.74, 6) is -4.03. The van der Waals surface area contributed by atoms with Crippen molar-refractivity contribution >= 4 is 17.3 Å². The molecule has 1 aliphatic carbocycles. The van der Waals surface area contributed by atoms with Gasteiger partial charge in [0.05, 0.1) is 10.8 Å². The number of anilines is 1. The Balaban J connectivity index is 2.23. The SMILES string of the molecule is O=C(O)[C@@H]1CC[C@H](Nc2c([N+](=O)[O-])ccc(F)c2F)C1. The summed E-state index contributed by atoms with van der Waals surface area (Å²) in [6.45, 7) is 0. The van der Waals surface area contributed by atoms with Crippen LogP contribution in [0.25, 0.3) is 0 Å². The van der Waals surface area contributed by atoms with Crippen molar-refractivity contribution in [2.24, 2.45) is 5.92 Å². The minimum atomic E-state index is -1.32. The molecule has 0 bridgehead atoms. The molecule has 1 aromatic rings. The lowest BCUT2D eigenvalue weighted by atomic mass is 10.1. The maximum atomic E-state index is 13.7. The van der Waals surface area contributed by atoms with Crippen LogP contribution < -0.4 is 5.32 Å². The molecule has 20 heavy (non-hydrogen) atoms. The van der Waals surface area contributed by atoms with E-state index < -0.39 is 45.9 Å². The van der Waals surface area contributed by atoms with Crippen molar-refractivity contribution in [2.45, 2.75) is 25.3 Å². The molecular formula is C12H12F2N2O4. The van der Waals surface area contributed by atoms with Gasteiger partial charge in [0.1, 0.15) is 0 Å². The molecule has 1 fully saturated rings. The molecule has 1 saturated carbocycles. The van der Waals surface area contributed by atoms with Gasteiger partial charge in [0.25, 0.3) is 5.69 Å². The van der Waals surface area contributed by atoms with E-state index >= 15 is 0 Å². The van der Waals surface area contributed by atoms with E-state index in [2.05, 4.69) is 5.32 Å². The van der Waals surface area contributed by atoms with Gasteiger partial charge in [-0.15, -0.1) is 0 Å². The maximum absolute atomic E-state index is 13.7. The van der Waals surface area contributed by atoms with Crippen molar-refractivity contribution in [1.29, 1.82) is 0 Å². The molecule has 0 radical (unpaired) electrons. The van der Waals surface area contributed by atoms with Gasteiger partial charge in [-0.25, -0.2) is 8.78 Å². The van der Waals surface area contributed by atoms with Crippen LogP contribution in [0.5, 0.6) is 0 Å². The van der Waals surface area contributed by atoms with Crippen LogP contribution in [0.4, 0.5) is 20.2 Å². The Bertz CT molecular complexity index is 565. The number of aliphatic carboxylic acids is 1. The third-order valence-electron chi connectivity index (χ3n) is 3.40. The summed E-state index contributed by atoms with van der Waals surface area (Å²) in [6, 6.07) is 1.14. The smallest absolute Gasteiger partial charge is 0.306 e. The number of nitrogens with zero attached hydrogens (tertiary/aromatic N) is 1. The number of nitro benzene ring substituents is 1.